The van der Waals surface area contributed by atoms with Crippen molar-refractivity contribution < 1.29 is 4.79 Å². The maximum absolute atomic E-state index is 13.5. The first-order valence-electron chi connectivity index (χ1n) is 9.40. The lowest BCUT2D eigenvalue weighted by Gasteiger charge is -2.40. The number of halogens is 1. The molecule has 1 saturated carbocycles. The number of hydrogen-bond donors (Lipinski definition) is 0. The summed E-state index contributed by atoms with van der Waals surface area (Å²) >= 11 is 3.51. The zero-order chi connectivity index (χ0) is 18.0. The Hall–Kier alpha value is -1.88. The van der Waals surface area contributed by atoms with Crippen molar-refractivity contribution in [1.29, 1.82) is 0 Å². The minimum Gasteiger partial charge on any atom is -0.353 e. The molecule has 4 rings (SSSR count). The molecule has 2 aliphatic rings. The molecule has 5 heteroatoms. The number of hydrogen-bond acceptors (Lipinski definition) is 3. The Morgan fingerprint density at radius 1 is 0.962 bits per heavy atom. The molecule has 4 nitrogen and oxygen atoms in total. The van der Waals surface area contributed by atoms with Gasteiger partial charge in [-0.25, -0.2) is 4.98 Å². The largest absolute Gasteiger partial charge is 0.353 e. The summed E-state index contributed by atoms with van der Waals surface area (Å²) in [6.45, 7) is 3.24. The lowest BCUT2D eigenvalue weighted by molar-refractivity contribution is -0.137. The highest BCUT2D eigenvalue weighted by molar-refractivity contribution is 9.10. The Morgan fingerprint density at radius 2 is 1.65 bits per heavy atom. The molecule has 1 saturated heterocycles. The molecule has 0 N–H and O–H groups in total. The molecular formula is C21H24BrN3O. The maximum Gasteiger partial charge on any atom is 0.233 e. The summed E-state index contributed by atoms with van der Waals surface area (Å²) in [5, 5.41) is 0. The number of carbonyl (C=O) groups is 1. The van der Waals surface area contributed by atoms with Gasteiger partial charge in [0, 0.05) is 36.8 Å². The van der Waals surface area contributed by atoms with Crippen LogP contribution in [0.2, 0.25) is 0 Å². The molecule has 1 aromatic heterocycles. The number of pyridine rings is 1. The van der Waals surface area contributed by atoms with Crippen LogP contribution in [0.4, 0.5) is 5.82 Å². The molecule has 136 valence electrons. The molecule has 0 radical (unpaired) electrons. The van der Waals surface area contributed by atoms with Gasteiger partial charge in [-0.15, -0.1) is 0 Å². The molecule has 26 heavy (non-hydrogen) atoms. The number of carbonyl (C=O) groups excluding carboxylic acids is 1. The highest BCUT2D eigenvalue weighted by atomic mass is 79.9. The van der Waals surface area contributed by atoms with E-state index in [0.29, 0.717) is 5.91 Å². The predicted octanol–water partition coefficient (Wildman–Crippen LogP) is 4.00. The van der Waals surface area contributed by atoms with E-state index in [1.165, 1.54) is 5.56 Å². The quantitative estimate of drug-likeness (QED) is 0.762. The Bertz CT molecular complexity index is 749. The van der Waals surface area contributed by atoms with E-state index in [1.54, 1.807) is 0 Å². The lowest BCUT2D eigenvalue weighted by atomic mass is 9.77. The maximum atomic E-state index is 13.5. The number of rotatable bonds is 3. The highest BCUT2D eigenvalue weighted by Crippen LogP contribution is 2.43. The Labute approximate surface area is 163 Å². The summed E-state index contributed by atoms with van der Waals surface area (Å²) in [5.41, 5.74) is 0.851. The van der Waals surface area contributed by atoms with E-state index in [-0.39, 0.29) is 5.41 Å². The minimum atomic E-state index is -0.326. The van der Waals surface area contributed by atoms with Crippen molar-refractivity contribution in [3.05, 3.63) is 58.7 Å². The van der Waals surface area contributed by atoms with Crippen molar-refractivity contribution in [3.63, 3.8) is 0 Å². The summed E-state index contributed by atoms with van der Waals surface area (Å²) in [6, 6.07) is 14.3. The second kappa shape index (κ2) is 7.39. The van der Waals surface area contributed by atoms with Crippen LogP contribution in [-0.4, -0.2) is 42.0 Å². The zero-order valence-electron chi connectivity index (χ0n) is 14.9. The van der Waals surface area contributed by atoms with E-state index < -0.39 is 0 Å². The van der Waals surface area contributed by atoms with Gasteiger partial charge < -0.3 is 9.80 Å². The number of anilines is 1. The van der Waals surface area contributed by atoms with Crippen molar-refractivity contribution in [2.24, 2.45) is 0 Å². The summed E-state index contributed by atoms with van der Waals surface area (Å²) in [6.07, 6.45) is 6.03. The van der Waals surface area contributed by atoms with Crippen LogP contribution in [0, 0.1) is 0 Å². The van der Waals surface area contributed by atoms with E-state index in [2.05, 4.69) is 55.0 Å². The van der Waals surface area contributed by atoms with Gasteiger partial charge in [-0.3, -0.25) is 4.79 Å². The smallest absolute Gasteiger partial charge is 0.233 e. The van der Waals surface area contributed by atoms with Crippen LogP contribution in [0.3, 0.4) is 0 Å². The van der Waals surface area contributed by atoms with E-state index in [9.17, 15) is 4.79 Å². The Kier molecular flexibility index (Phi) is 4.98. The molecule has 2 aromatic rings. The Balaban J connectivity index is 1.50. The van der Waals surface area contributed by atoms with Gasteiger partial charge in [0.1, 0.15) is 5.82 Å². The van der Waals surface area contributed by atoms with E-state index >= 15 is 0 Å². The van der Waals surface area contributed by atoms with Crippen molar-refractivity contribution in [2.75, 3.05) is 31.1 Å². The summed E-state index contributed by atoms with van der Waals surface area (Å²) < 4.78 is 1.06. The number of amides is 1. The molecule has 0 spiro atoms. The first-order valence-corrected chi connectivity index (χ1v) is 10.2. The number of nitrogens with zero attached hydrogens (tertiary/aromatic N) is 3. The van der Waals surface area contributed by atoms with Gasteiger partial charge in [0.2, 0.25) is 5.91 Å². The molecule has 1 aromatic carbocycles. The van der Waals surface area contributed by atoms with Crippen molar-refractivity contribution in [3.8, 4) is 0 Å². The lowest BCUT2D eigenvalue weighted by Crippen LogP contribution is -2.54. The topological polar surface area (TPSA) is 36.4 Å². The number of aromatic nitrogens is 1. The van der Waals surface area contributed by atoms with Crippen molar-refractivity contribution >= 4 is 27.7 Å². The van der Waals surface area contributed by atoms with Crippen LogP contribution in [0.1, 0.15) is 31.2 Å². The highest BCUT2D eigenvalue weighted by Gasteiger charge is 2.45. The average Bonchev–Trinajstić information content (AvgIpc) is 3.20. The first kappa shape index (κ1) is 17.5. The van der Waals surface area contributed by atoms with Crippen molar-refractivity contribution in [1.82, 2.24) is 9.88 Å². The van der Waals surface area contributed by atoms with E-state index in [1.807, 2.05) is 24.4 Å². The SMILES string of the molecule is O=C(N1CCN(c2ccccn2)CC1)C1(c2ccc(Br)cc2)CCCC1. The van der Waals surface area contributed by atoms with Gasteiger partial charge in [0.05, 0.1) is 5.41 Å². The predicted molar refractivity (Wildman–Crippen MR) is 107 cm³/mol. The van der Waals surface area contributed by atoms with Crippen LogP contribution >= 0.6 is 15.9 Å². The molecule has 0 unspecified atom stereocenters. The fourth-order valence-corrected chi connectivity index (χ4v) is 4.62. The van der Waals surface area contributed by atoms with Crippen LogP contribution in [-0.2, 0) is 10.2 Å². The van der Waals surface area contributed by atoms with Gasteiger partial charge in [-0.05, 0) is 42.7 Å². The van der Waals surface area contributed by atoms with Gasteiger partial charge in [0.15, 0.2) is 0 Å². The number of benzene rings is 1. The third kappa shape index (κ3) is 3.25. The number of piperazine rings is 1. The van der Waals surface area contributed by atoms with Crippen LogP contribution in [0.15, 0.2) is 53.1 Å². The van der Waals surface area contributed by atoms with Crippen LogP contribution in [0.5, 0.6) is 0 Å². The first-order chi connectivity index (χ1) is 12.7. The second-order valence-electron chi connectivity index (χ2n) is 7.26. The minimum absolute atomic E-state index is 0.318. The molecule has 1 aliphatic carbocycles. The summed E-state index contributed by atoms with van der Waals surface area (Å²) in [7, 11) is 0. The molecule has 2 fully saturated rings. The molecule has 0 atom stereocenters. The van der Waals surface area contributed by atoms with Gasteiger partial charge in [-0.2, -0.15) is 0 Å². The second-order valence-corrected chi connectivity index (χ2v) is 8.18. The monoisotopic (exact) mass is 413 g/mol. The molecule has 1 aliphatic heterocycles. The van der Waals surface area contributed by atoms with Crippen LogP contribution < -0.4 is 4.90 Å². The molecular weight excluding hydrogens is 390 g/mol. The average molecular weight is 414 g/mol. The van der Waals surface area contributed by atoms with Crippen molar-refractivity contribution in [2.45, 2.75) is 31.1 Å². The summed E-state index contributed by atoms with van der Waals surface area (Å²) in [5.74, 6) is 1.32. The summed E-state index contributed by atoms with van der Waals surface area (Å²) in [4.78, 5) is 22.3. The fraction of sp³-hybridized carbons (Fsp3) is 0.429. The van der Waals surface area contributed by atoms with Gasteiger partial charge in [0.25, 0.3) is 0 Å². The van der Waals surface area contributed by atoms with Gasteiger partial charge >= 0.3 is 0 Å². The van der Waals surface area contributed by atoms with Gasteiger partial charge in [-0.1, -0.05) is 47.0 Å². The van der Waals surface area contributed by atoms with E-state index in [0.717, 1.165) is 62.2 Å². The molecule has 2 heterocycles. The fourth-order valence-electron chi connectivity index (χ4n) is 4.36. The molecule has 1 amide bonds. The normalized spacial score (nSPS) is 19.6. The van der Waals surface area contributed by atoms with Crippen LogP contribution in [0.25, 0.3) is 0 Å². The zero-order valence-corrected chi connectivity index (χ0v) is 16.5. The Morgan fingerprint density at radius 3 is 2.27 bits per heavy atom. The third-order valence-corrected chi connectivity index (χ3v) is 6.33. The standard InChI is InChI=1S/C21H24BrN3O/c22-18-8-6-17(7-9-18)21(10-2-3-11-21)20(26)25-15-13-24(14-16-25)19-5-1-4-12-23-19/h1,4-9,12H,2-3,10-11,13-16H2. The molecule has 0 bridgehead atoms. The van der Waals surface area contributed by atoms with E-state index in [4.69, 9.17) is 0 Å². The third-order valence-electron chi connectivity index (χ3n) is 5.80.